The average Bonchev–Trinajstić information content (AvgIpc) is 2.97. The van der Waals surface area contributed by atoms with E-state index in [1.165, 1.54) is 0 Å². The number of likely N-dealkylation sites (tertiary alicyclic amines) is 1. The first-order valence-electron chi connectivity index (χ1n) is 6.72. The number of hydrogen-bond donors (Lipinski definition) is 0. The van der Waals surface area contributed by atoms with Crippen molar-refractivity contribution < 1.29 is 23.9 Å². The van der Waals surface area contributed by atoms with E-state index < -0.39 is 25.1 Å². The van der Waals surface area contributed by atoms with E-state index in [0.717, 1.165) is 4.90 Å². The zero-order valence-corrected chi connectivity index (χ0v) is 11.8. The maximum atomic E-state index is 11.7. The normalized spacial score (nSPS) is 13.6. The lowest BCUT2D eigenvalue weighted by atomic mass is 10.2. The van der Waals surface area contributed by atoms with Crippen molar-refractivity contribution in [1.29, 1.82) is 5.26 Å². The number of para-hydroxylation sites is 1. The Morgan fingerprint density at radius 1 is 1.27 bits per heavy atom. The molecule has 1 aliphatic heterocycles. The third-order valence-corrected chi connectivity index (χ3v) is 3.08. The zero-order valence-electron chi connectivity index (χ0n) is 11.8. The molecule has 0 radical (unpaired) electrons. The van der Waals surface area contributed by atoms with Gasteiger partial charge in [-0.25, -0.2) is 4.79 Å². The van der Waals surface area contributed by atoms with Crippen molar-refractivity contribution in [2.75, 3.05) is 19.8 Å². The lowest BCUT2D eigenvalue weighted by Crippen LogP contribution is -2.35. The summed E-state index contributed by atoms with van der Waals surface area (Å²) in [4.78, 5) is 35.6. The van der Waals surface area contributed by atoms with Gasteiger partial charge in [-0.2, -0.15) is 5.26 Å². The average molecular weight is 302 g/mol. The van der Waals surface area contributed by atoms with Crippen LogP contribution < -0.4 is 4.74 Å². The molecule has 7 nitrogen and oxygen atoms in total. The fraction of sp³-hybridized carbons (Fsp3) is 0.333. The van der Waals surface area contributed by atoms with Crippen LogP contribution in [0.2, 0.25) is 0 Å². The van der Waals surface area contributed by atoms with Crippen molar-refractivity contribution in [3.8, 4) is 11.8 Å². The highest BCUT2D eigenvalue weighted by atomic mass is 16.6. The number of imide groups is 1. The number of hydrogen-bond acceptors (Lipinski definition) is 6. The van der Waals surface area contributed by atoms with Crippen LogP contribution in [0.15, 0.2) is 24.3 Å². The molecular formula is C15H14N2O5. The van der Waals surface area contributed by atoms with E-state index in [1.54, 1.807) is 24.3 Å². The van der Waals surface area contributed by atoms with Gasteiger partial charge in [0.05, 0.1) is 5.56 Å². The number of rotatable bonds is 5. The fourth-order valence-electron chi connectivity index (χ4n) is 2.00. The predicted molar refractivity (Wildman–Crippen MR) is 73.6 cm³/mol. The van der Waals surface area contributed by atoms with Crippen molar-refractivity contribution in [2.45, 2.75) is 12.8 Å². The number of nitrogens with zero attached hydrogens (tertiary/aromatic N) is 2. The Bertz CT molecular complexity index is 635. The number of amides is 2. The summed E-state index contributed by atoms with van der Waals surface area (Å²) in [6.07, 6.45) is 0.973. The summed E-state index contributed by atoms with van der Waals surface area (Å²) >= 11 is 0. The molecule has 0 unspecified atom stereocenters. The highest BCUT2D eigenvalue weighted by Crippen LogP contribution is 2.16. The second-order valence-corrected chi connectivity index (χ2v) is 4.60. The summed E-state index contributed by atoms with van der Waals surface area (Å²) in [5.74, 6) is -1.26. The lowest BCUT2D eigenvalue weighted by Gasteiger charge is -2.13. The zero-order chi connectivity index (χ0) is 15.9. The van der Waals surface area contributed by atoms with Gasteiger partial charge in [0, 0.05) is 13.0 Å². The second-order valence-electron chi connectivity index (χ2n) is 4.60. The minimum atomic E-state index is -0.743. The van der Waals surface area contributed by atoms with Gasteiger partial charge >= 0.3 is 5.97 Å². The molecule has 1 aromatic rings. The van der Waals surface area contributed by atoms with E-state index in [0.29, 0.717) is 24.9 Å². The van der Waals surface area contributed by atoms with Crippen LogP contribution in [-0.2, 0) is 19.1 Å². The molecule has 0 N–H and O–H groups in total. The Labute approximate surface area is 127 Å². The quantitative estimate of drug-likeness (QED) is 0.740. The minimum Gasteiger partial charge on any atom is -0.481 e. The maximum absolute atomic E-state index is 11.7. The molecule has 114 valence electrons. The Morgan fingerprint density at radius 2 is 2.05 bits per heavy atom. The Balaban J connectivity index is 1.78. The topological polar surface area (TPSA) is 96.7 Å². The molecule has 1 saturated heterocycles. The number of carbonyl (C=O) groups excluding carboxylic acids is 3. The van der Waals surface area contributed by atoms with Crippen LogP contribution in [0.1, 0.15) is 18.4 Å². The van der Waals surface area contributed by atoms with E-state index in [2.05, 4.69) is 0 Å². The van der Waals surface area contributed by atoms with Gasteiger partial charge in [0.2, 0.25) is 5.91 Å². The minimum absolute atomic E-state index is 0.250. The third kappa shape index (κ3) is 3.82. The molecule has 2 rings (SSSR count). The molecule has 1 aromatic carbocycles. The highest BCUT2D eigenvalue weighted by Gasteiger charge is 2.26. The SMILES string of the molecule is N#Cc1ccccc1OCC(=O)OCC(=O)N1CCCC1=O. The Hall–Kier alpha value is -2.88. The van der Waals surface area contributed by atoms with Gasteiger partial charge in [-0.05, 0) is 18.6 Å². The summed E-state index contributed by atoms with van der Waals surface area (Å²) in [5, 5.41) is 8.88. The van der Waals surface area contributed by atoms with Crippen molar-refractivity contribution in [3.05, 3.63) is 29.8 Å². The molecule has 1 heterocycles. The van der Waals surface area contributed by atoms with E-state index in [-0.39, 0.29) is 11.7 Å². The summed E-state index contributed by atoms with van der Waals surface area (Å²) < 4.78 is 9.95. The fourth-order valence-corrected chi connectivity index (χ4v) is 2.00. The molecule has 1 fully saturated rings. The number of esters is 1. The largest absolute Gasteiger partial charge is 0.481 e. The molecular weight excluding hydrogens is 288 g/mol. The van der Waals surface area contributed by atoms with Crippen LogP contribution in [0.4, 0.5) is 0 Å². The van der Waals surface area contributed by atoms with Crippen LogP contribution >= 0.6 is 0 Å². The Kier molecular flexibility index (Phi) is 5.09. The van der Waals surface area contributed by atoms with Crippen LogP contribution in [-0.4, -0.2) is 42.4 Å². The second kappa shape index (κ2) is 7.22. The molecule has 0 atom stereocenters. The number of nitriles is 1. The highest BCUT2D eigenvalue weighted by molar-refractivity contribution is 5.97. The summed E-state index contributed by atoms with van der Waals surface area (Å²) in [7, 11) is 0. The molecule has 0 aromatic heterocycles. The molecule has 1 aliphatic rings. The summed E-state index contributed by atoms with van der Waals surface area (Å²) in [5.41, 5.74) is 0.300. The first-order valence-corrected chi connectivity index (χ1v) is 6.72. The van der Waals surface area contributed by atoms with Gasteiger partial charge in [0.25, 0.3) is 5.91 Å². The van der Waals surface area contributed by atoms with Gasteiger partial charge in [0.1, 0.15) is 11.8 Å². The Morgan fingerprint density at radius 3 is 2.73 bits per heavy atom. The molecule has 0 bridgehead atoms. The van der Waals surface area contributed by atoms with Crippen LogP contribution in [0.3, 0.4) is 0 Å². The van der Waals surface area contributed by atoms with Crippen molar-refractivity contribution in [2.24, 2.45) is 0 Å². The van der Waals surface area contributed by atoms with Gasteiger partial charge in [-0.1, -0.05) is 12.1 Å². The van der Waals surface area contributed by atoms with Crippen LogP contribution in [0, 0.1) is 11.3 Å². The summed E-state index contributed by atoms with van der Waals surface area (Å²) in [6, 6.07) is 8.40. The standard InChI is InChI=1S/C15H14N2O5/c16-8-11-4-1-2-5-12(11)21-10-15(20)22-9-14(19)17-7-3-6-13(17)18/h1-2,4-5H,3,6-7,9-10H2. The number of carbonyl (C=O) groups is 3. The predicted octanol–water partition coefficient (Wildman–Crippen LogP) is 0.629. The molecule has 0 aliphatic carbocycles. The molecule has 2 amide bonds. The smallest absolute Gasteiger partial charge is 0.344 e. The van der Waals surface area contributed by atoms with Gasteiger partial charge < -0.3 is 9.47 Å². The van der Waals surface area contributed by atoms with Gasteiger partial charge in [-0.3, -0.25) is 14.5 Å². The van der Waals surface area contributed by atoms with Gasteiger partial charge in [0.15, 0.2) is 13.2 Å². The summed E-state index contributed by atoms with van der Waals surface area (Å²) in [6.45, 7) is -0.547. The molecule has 7 heteroatoms. The van der Waals surface area contributed by atoms with Crippen molar-refractivity contribution in [3.63, 3.8) is 0 Å². The molecule has 0 spiro atoms. The molecule has 22 heavy (non-hydrogen) atoms. The number of benzene rings is 1. The van der Waals surface area contributed by atoms with Gasteiger partial charge in [-0.15, -0.1) is 0 Å². The molecule has 0 saturated carbocycles. The first kappa shape index (κ1) is 15.5. The van der Waals surface area contributed by atoms with E-state index in [1.807, 2.05) is 6.07 Å². The van der Waals surface area contributed by atoms with Crippen LogP contribution in [0.25, 0.3) is 0 Å². The monoisotopic (exact) mass is 302 g/mol. The van der Waals surface area contributed by atoms with E-state index in [4.69, 9.17) is 14.7 Å². The third-order valence-electron chi connectivity index (χ3n) is 3.08. The van der Waals surface area contributed by atoms with Crippen molar-refractivity contribution in [1.82, 2.24) is 4.90 Å². The first-order chi connectivity index (χ1) is 10.6. The maximum Gasteiger partial charge on any atom is 0.344 e. The van der Waals surface area contributed by atoms with Crippen molar-refractivity contribution >= 4 is 17.8 Å². The lowest BCUT2D eigenvalue weighted by molar-refractivity contribution is -0.155. The van der Waals surface area contributed by atoms with E-state index >= 15 is 0 Å². The van der Waals surface area contributed by atoms with Crippen LogP contribution in [0.5, 0.6) is 5.75 Å². The number of ether oxygens (including phenoxy) is 2. The van der Waals surface area contributed by atoms with E-state index in [9.17, 15) is 14.4 Å².